The summed E-state index contributed by atoms with van der Waals surface area (Å²) in [6.07, 6.45) is 6.00. The Bertz CT molecular complexity index is 236. The van der Waals surface area contributed by atoms with Gasteiger partial charge in [0.25, 0.3) is 0 Å². The molecular weight excluding hydrogens is 216 g/mol. The minimum atomic E-state index is -0.173. The van der Waals surface area contributed by atoms with Crippen LogP contribution in [0.25, 0.3) is 0 Å². The van der Waals surface area contributed by atoms with Gasteiger partial charge in [0.1, 0.15) is 0 Å². The van der Waals surface area contributed by atoms with E-state index in [1.807, 2.05) is 6.92 Å². The van der Waals surface area contributed by atoms with E-state index < -0.39 is 0 Å². The molecule has 0 aliphatic heterocycles. The van der Waals surface area contributed by atoms with E-state index in [1.165, 1.54) is 0 Å². The van der Waals surface area contributed by atoms with Crippen molar-refractivity contribution in [2.45, 2.75) is 51.5 Å². The van der Waals surface area contributed by atoms with Crippen molar-refractivity contribution >= 4 is 5.91 Å². The molecule has 0 heterocycles. The van der Waals surface area contributed by atoms with E-state index in [0.717, 1.165) is 38.5 Å². The quantitative estimate of drug-likeness (QED) is 0.710. The fourth-order valence-corrected chi connectivity index (χ4v) is 2.54. The van der Waals surface area contributed by atoms with Gasteiger partial charge in [-0.05, 0) is 32.6 Å². The van der Waals surface area contributed by atoms with Crippen LogP contribution in [0, 0.1) is 5.41 Å². The van der Waals surface area contributed by atoms with E-state index in [1.54, 1.807) is 7.11 Å². The lowest BCUT2D eigenvalue weighted by atomic mass is 9.82. The first-order valence-electron chi connectivity index (χ1n) is 6.63. The Balaban J connectivity index is 2.43. The topological polar surface area (TPSA) is 64.3 Å². The second-order valence-electron chi connectivity index (χ2n) is 5.25. The molecule has 1 aliphatic carbocycles. The van der Waals surface area contributed by atoms with Gasteiger partial charge in [-0.3, -0.25) is 4.79 Å². The molecule has 1 atom stereocenters. The van der Waals surface area contributed by atoms with Gasteiger partial charge in [-0.15, -0.1) is 0 Å². The number of carbonyl (C=O) groups excluding carboxylic acids is 1. The van der Waals surface area contributed by atoms with Gasteiger partial charge in [0.15, 0.2) is 0 Å². The summed E-state index contributed by atoms with van der Waals surface area (Å²) in [6.45, 7) is 3.31. The summed E-state index contributed by atoms with van der Waals surface area (Å²) in [5, 5.41) is 3.03. The summed E-state index contributed by atoms with van der Waals surface area (Å²) < 4.78 is 5.12. The highest BCUT2D eigenvalue weighted by Crippen LogP contribution is 2.41. The number of rotatable bonds is 7. The molecule has 100 valence electrons. The van der Waals surface area contributed by atoms with Crippen molar-refractivity contribution in [1.82, 2.24) is 5.32 Å². The van der Waals surface area contributed by atoms with E-state index in [2.05, 4.69) is 5.32 Å². The van der Waals surface area contributed by atoms with Crippen LogP contribution in [0.1, 0.15) is 45.4 Å². The number of amides is 1. The molecule has 1 fully saturated rings. The van der Waals surface area contributed by atoms with Crippen molar-refractivity contribution in [3.63, 3.8) is 0 Å². The Morgan fingerprint density at radius 2 is 2.12 bits per heavy atom. The zero-order valence-corrected chi connectivity index (χ0v) is 11.1. The third-order valence-electron chi connectivity index (χ3n) is 3.71. The highest BCUT2D eigenvalue weighted by molar-refractivity contribution is 5.82. The molecule has 0 bridgehead atoms. The first kappa shape index (κ1) is 14.5. The number of hydrogen-bond acceptors (Lipinski definition) is 3. The van der Waals surface area contributed by atoms with Gasteiger partial charge in [-0.25, -0.2) is 0 Å². The van der Waals surface area contributed by atoms with Crippen molar-refractivity contribution < 1.29 is 9.53 Å². The first-order valence-corrected chi connectivity index (χ1v) is 6.63. The van der Waals surface area contributed by atoms with Crippen LogP contribution in [0.15, 0.2) is 0 Å². The van der Waals surface area contributed by atoms with Crippen LogP contribution in [-0.4, -0.2) is 32.2 Å². The SMILES string of the molecule is COCCC1(C(=O)NCCC(C)N)CCCC1. The molecule has 1 unspecified atom stereocenters. The van der Waals surface area contributed by atoms with Gasteiger partial charge >= 0.3 is 0 Å². The lowest BCUT2D eigenvalue weighted by molar-refractivity contribution is -0.131. The maximum absolute atomic E-state index is 12.2. The summed E-state index contributed by atoms with van der Waals surface area (Å²) in [7, 11) is 1.69. The van der Waals surface area contributed by atoms with Crippen LogP contribution in [0.5, 0.6) is 0 Å². The Morgan fingerprint density at radius 1 is 1.47 bits per heavy atom. The molecule has 3 N–H and O–H groups in total. The van der Waals surface area contributed by atoms with Crippen molar-refractivity contribution in [1.29, 1.82) is 0 Å². The van der Waals surface area contributed by atoms with Crippen LogP contribution in [0.3, 0.4) is 0 Å². The zero-order chi connectivity index (χ0) is 12.7. The zero-order valence-electron chi connectivity index (χ0n) is 11.1. The smallest absolute Gasteiger partial charge is 0.226 e. The number of methoxy groups -OCH3 is 1. The molecule has 1 saturated carbocycles. The molecule has 4 heteroatoms. The minimum absolute atomic E-state index is 0.147. The van der Waals surface area contributed by atoms with E-state index in [-0.39, 0.29) is 17.4 Å². The first-order chi connectivity index (χ1) is 8.10. The van der Waals surface area contributed by atoms with Crippen LogP contribution in [-0.2, 0) is 9.53 Å². The number of nitrogens with one attached hydrogen (secondary N) is 1. The molecule has 0 saturated heterocycles. The Labute approximate surface area is 104 Å². The predicted octanol–water partition coefficient (Wildman–Crippen LogP) is 1.44. The third kappa shape index (κ3) is 4.28. The molecule has 0 aromatic rings. The van der Waals surface area contributed by atoms with E-state index in [9.17, 15) is 4.79 Å². The van der Waals surface area contributed by atoms with Gasteiger partial charge in [-0.1, -0.05) is 12.8 Å². The van der Waals surface area contributed by atoms with Gasteiger partial charge in [0.2, 0.25) is 5.91 Å². The van der Waals surface area contributed by atoms with Crippen molar-refractivity contribution in [2.24, 2.45) is 11.1 Å². The van der Waals surface area contributed by atoms with Crippen molar-refractivity contribution in [3.8, 4) is 0 Å². The lowest BCUT2D eigenvalue weighted by Crippen LogP contribution is -2.41. The molecule has 0 aromatic carbocycles. The monoisotopic (exact) mass is 242 g/mol. The highest BCUT2D eigenvalue weighted by Gasteiger charge is 2.40. The standard InChI is InChI=1S/C13H26N2O2/c1-11(14)5-9-15-12(16)13(8-10-17-2)6-3-4-7-13/h11H,3-10,14H2,1-2H3,(H,15,16). The molecule has 1 amide bonds. The molecule has 1 aliphatic rings. The summed E-state index contributed by atoms with van der Waals surface area (Å²) >= 11 is 0. The minimum Gasteiger partial charge on any atom is -0.385 e. The van der Waals surface area contributed by atoms with Crippen LogP contribution in [0.4, 0.5) is 0 Å². The molecule has 0 aromatic heterocycles. The predicted molar refractivity (Wildman–Crippen MR) is 68.7 cm³/mol. The van der Waals surface area contributed by atoms with Crippen LogP contribution < -0.4 is 11.1 Å². The maximum Gasteiger partial charge on any atom is 0.226 e. The molecule has 1 rings (SSSR count). The molecule has 0 spiro atoms. The molecular formula is C13H26N2O2. The van der Waals surface area contributed by atoms with Gasteiger partial charge < -0.3 is 15.8 Å². The van der Waals surface area contributed by atoms with E-state index in [0.29, 0.717) is 13.2 Å². The summed E-state index contributed by atoms with van der Waals surface area (Å²) in [6, 6.07) is 0.147. The van der Waals surface area contributed by atoms with Crippen LogP contribution in [0.2, 0.25) is 0 Å². The van der Waals surface area contributed by atoms with Crippen LogP contribution >= 0.6 is 0 Å². The normalized spacial score (nSPS) is 20.2. The Morgan fingerprint density at radius 3 is 2.65 bits per heavy atom. The summed E-state index contributed by atoms with van der Waals surface area (Å²) in [5.74, 6) is 0.202. The number of hydrogen-bond donors (Lipinski definition) is 2. The third-order valence-corrected chi connectivity index (χ3v) is 3.71. The van der Waals surface area contributed by atoms with Crippen molar-refractivity contribution in [3.05, 3.63) is 0 Å². The van der Waals surface area contributed by atoms with Gasteiger partial charge in [-0.2, -0.15) is 0 Å². The average Bonchev–Trinajstić information content (AvgIpc) is 2.75. The highest BCUT2D eigenvalue weighted by atomic mass is 16.5. The fourth-order valence-electron chi connectivity index (χ4n) is 2.54. The Hall–Kier alpha value is -0.610. The molecule has 4 nitrogen and oxygen atoms in total. The second kappa shape index (κ2) is 6.97. The second-order valence-corrected chi connectivity index (χ2v) is 5.25. The summed E-state index contributed by atoms with van der Waals surface area (Å²) in [4.78, 5) is 12.2. The maximum atomic E-state index is 12.2. The van der Waals surface area contributed by atoms with Gasteiger partial charge in [0.05, 0.1) is 5.41 Å². The van der Waals surface area contributed by atoms with Crippen molar-refractivity contribution in [2.75, 3.05) is 20.3 Å². The lowest BCUT2D eigenvalue weighted by Gasteiger charge is -2.27. The molecule has 0 radical (unpaired) electrons. The average molecular weight is 242 g/mol. The molecule has 17 heavy (non-hydrogen) atoms. The van der Waals surface area contributed by atoms with Gasteiger partial charge in [0, 0.05) is 26.3 Å². The Kier molecular flexibility index (Phi) is 5.92. The summed E-state index contributed by atoms with van der Waals surface area (Å²) in [5.41, 5.74) is 5.50. The fraction of sp³-hybridized carbons (Fsp3) is 0.923. The number of carbonyl (C=O) groups is 1. The largest absolute Gasteiger partial charge is 0.385 e. The van der Waals surface area contributed by atoms with E-state index >= 15 is 0 Å². The number of nitrogens with two attached hydrogens (primary N) is 1. The van der Waals surface area contributed by atoms with E-state index in [4.69, 9.17) is 10.5 Å². The number of ether oxygens (including phenoxy) is 1.